The molecule has 1 aromatic carbocycles. The van der Waals surface area contributed by atoms with Gasteiger partial charge in [-0.2, -0.15) is 0 Å². The maximum Gasteiger partial charge on any atom is 0.251 e. The molecule has 1 aromatic rings. The first-order chi connectivity index (χ1) is 7.91. The smallest absolute Gasteiger partial charge is 0.251 e. The minimum absolute atomic E-state index is 0.151. The Hall–Kier alpha value is -1.55. The number of carbonyl (C=O) groups is 1. The number of carbonyl (C=O) groups excluding carboxylic acids is 1. The molecule has 0 aliphatic carbocycles. The van der Waals surface area contributed by atoms with Gasteiger partial charge >= 0.3 is 0 Å². The molecular formula is C13H20N2O2. The lowest BCUT2D eigenvalue weighted by Crippen LogP contribution is -2.38. The highest BCUT2D eigenvalue weighted by molar-refractivity contribution is 5.94. The highest BCUT2D eigenvalue weighted by Crippen LogP contribution is 2.17. The molecule has 0 spiro atoms. The fourth-order valence-electron chi connectivity index (χ4n) is 1.28. The number of amides is 1. The summed E-state index contributed by atoms with van der Waals surface area (Å²) in [7, 11) is 3.93. The van der Waals surface area contributed by atoms with E-state index in [1.54, 1.807) is 19.1 Å². The van der Waals surface area contributed by atoms with Gasteiger partial charge in [-0.15, -0.1) is 0 Å². The van der Waals surface area contributed by atoms with Crippen LogP contribution in [-0.2, 0) is 0 Å². The number of likely N-dealkylation sites (N-methyl/N-ethyl adjacent to an activating group) is 1. The number of hydrogen-bond donors (Lipinski definition) is 2. The molecule has 0 saturated heterocycles. The number of nitrogens with one attached hydrogen (secondary N) is 1. The van der Waals surface area contributed by atoms with Gasteiger partial charge in [0.1, 0.15) is 5.75 Å². The number of aryl methyl sites for hydroxylation is 1. The van der Waals surface area contributed by atoms with Crippen molar-refractivity contribution in [1.82, 2.24) is 10.2 Å². The van der Waals surface area contributed by atoms with Gasteiger partial charge in [-0.05, 0) is 45.6 Å². The quantitative estimate of drug-likeness (QED) is 0.830. The highest BCUT2D eigenvalue weighted by atomic mass is 16.3. The second-order valence-corrected chi connectivity index (χ2v) is 4.52. The maximum atomic E-state index is 11.8. The van der Waals surface area contributed by atoms with Crippen LogP contribution in [0.25, 0.3) is 0 Å². The van der Waals surface area contributed by atoms with Crippen LogP contribution in [0, 0.1) is 6.92 Å². The molecule has 1 amide bonds. The number of phenols is 1. The van der Waals surface area contributed by atoms with E-state index in [9.17, 15) is 9.90 Å². The summed E-state index contributed by atoms with van der Waals surface area (Å²) in [4.78, 5) is 13.8. The third kappa shape index (κ3) is 3.75. The van der Waals surface area contributed by atoms with E-state index in [1.165, 1.54) is 6.07 Å². The average Bonchev–Trinajstić information content (AvgIpc) is 2.28. The molecule has 0 aliphatic heterocycles. The van der Waals surface area contributed by atoms with Crippen LogP contribution in [0.3, 0.4) is 0 Å². The second-order valence-electron chi connectivity index (χ2n) is 4.52. The van der Waals surface area contributed by atoms with Crippen LogP contribution in [0.15, 0.2) is 18.2 Å². The van der Waals surface area contributed by atoms with E-state index in [-0.39, 0.29) is 17.7 Å². The van der Waals surface area contributed by atoms with E-state index in [0.717, 1.165) is 5.56 Å². The monoisotopic (exact) mass is 236 g/mol. The van der Waals surface area contributed by atoms with Crippen LogP contribution < -0.4 is 5.32 Å². The molecule has 0 aliphatic rings. The highest BCUT2D eigenvalue weighted by Gasteiger charge is 2.10. The van der Waals surface area contributed by atoms with Gasteiger partial charge in [0.05, 0.1) is 0 Å². The first-order valence-corrected chi connectivity index (χ1v) is 5.66. The summed E-state index contributed by atoms with van der Waals surface area (Å²) in [6, 6.07) is 5.22. The third-order valence-electron chi connectivity index (χ3n) is 2.91. The Kier molecular flexibility index (Phi) is 4.52. The number of aromatic hydroxyl groups is 1. The summed E-state index contributed by atoms with van der Waals surface area (Å²) >= 11 is 0. The third-order valence-corrected chi connectivity index (χ3v) is 2.91. The summed E-state index contributed by atoms with van der Waals surface area (Å²) in [5.74, 6) is -0.00712. The van der Waals surface area contributed by atoms with Gasteiger partial charge in [0, 0.05) is 18.2 Å². The van der Waals surface area contributed by atoms with Crippen molar-refractivity contribution in [1.29, 1.82) is 0 Å². The Balaban J connectivity index is 2.61. The fourth-order valence-corrected chi connectivity index (χ4v) is 1.28. The van der Waals surface area contributed by atoms with E-state index < -0.39 is 0 Å². The Morgan fingerprint density at radius 2 is 2.12 bits per heavy atom. The Morgan fingerprint density at radius 3 is 2.65 bits per heavy atom. The molecule has 0 fully saturated rings. The van der Waals surface area contributed by atoms with Gasteiger partial charge in [-0.3, -0.25) is 4.79 Å². The van der Waals surface area contributed by atoms with E-state index in [1.807, 2.05) is 25.9 Å². The molecule has 1 unspecified atom stereocenters. The van der Waals surface area contributed by atoms with E-state index in [2.05, 4.69) is 5.32 Å². The molecular weight excluding hydrogens is 216 g/mol. The van der Waals surface area contributed by atoms with Crippen LogP contribution in [0.2, 0.25) is 0 Å². The standard InChI is InChI=1S/C13H20N2O2/c1-9-5-6-11(7-12(9)16)13(17)14-8-10(2)15(3)4/h5-7,10,16H,8H2,1-4H3,(H,14,17). The molecule has 17 heavy (non-hydrogen) atoms. The lowest BCUT2D eigenvalue weighted by molar-refractivity contribution is 0.0943. The zero-order valence-corrected chi connectivity index (χ0v) is 10.8. The normalized spacial score (nSPS) is 12.5. The largest absolute Gasteiger partial charge is 0.508 e. The van der Waals surface area contributed by atoms with Crippen molar-refractivity contribution in [3.63, 3.8) is 0 Å². The fraction of sp³-hybridized carbons (Fsp3) is 0.462. The van der Waals surface area contributed by atoms with Gasteiger partial charge in [0.2, 0.25) is 0 Å². The van der Waals surface area contributed by atoms with Crippen molar-refractivity contribution >= 4 is 5.91 Å². The Labute approximate surface area is 102 Å². The molecule has 94 valence electrons. The molecule has 0 aromatic heterocycles. The zero-order chi connectivity index (χ0) is 13.0. The van der Waals surface area contributed by atoms with Crippen LogP contribution >= 0.6 is 0 Å². The topological polar surface area (TPSA) is 52.6 Å². The molecule has 0 saturated carbocycles. The predicted molar refractivity (Wildman–Crippen MR) is 68.3 cm³/mol. The predicted octanol–water partition coefficient (Wildman–Crippen LogP) is 1.38. The Bertz CT molecular complexity index is 402. The molecule has 1 atom stereocenters. The van der Waals surface area contributed by atoms with Crippen molar-refractivity contribution in [2.24, 2.45) is 0 Å². The van der Waals surface area contributed by atoms with Crippen molar-refractivity contribution in [2.75, 3.05) is 20.6 Å². The summed E-state index contributed by atoms with van der Waals surface area (Å²) in [5, 5.41) is 12.4. The van der Waals surface area contributed by atoms with Crippen LogP contribution in [0.4, 0.5) is 0 Å². The lowest BCUT2D eigenvalue weighted by atomic mass is 10.1. The van der Waals surface area contributed by atoms with Crippen LogP contribution in [0.5, 0.6) is 5.75 Å². The van der Waals surface area contributed by atoms with Gasteiger partial charge in [0.25, 0.3) is 5.91 Å². The second kappa shape index (κ2) is 5.68. The molecule has 0 bridgehead atoms. The van der Waals surface area contributed by atoms with Crippen LogP contribution in [0.1, 0.15) is 22.8 Å². The zero-order valence-electron chi connectivity index (χ0n) is 10.8. The first kappa shape index (κ1) is 13.5. The van der Waals surface area contributed by atoms with Gasteiger partial charge in [-0.1, -0.05) is 6.07 Å². The maximum absolute atomic E-state index is 11.8. The summed E-state index contributed by atoms with van der Waals surface area (Å²) < 4.78 is 0. The van der Waals surface area contributed by atoms with Gasteiger partial charge < -0.3 is 15.3 Å². The molecule has 4 nitrogen and oxygen atoms in total. The van der Waals surface area contributed by atoms with Gasteiger partial charge in [0.15, 0.2) is 0 Å². The first-order valence-electron chi connectivity index (χ1n) is 5.66. The van der Waals surface area contributed by atoms with Crippen molar-refractivity contribution < 1.29 is 9.90 Å². The van der Waals surface area contributed by atoms with Gasteiger partial charge in [-0.25, -0.2) is 0 Å². The minimum Gasteiger partial charge on any atom is -0.508 e. The van der Waals surface area contributed by atoms with E-state index >= 15 is 0 Å². The molecule has 4 heteroatoms. The number of phenolic OH excluding ortho intramolecular Hbond substituents is 1. The van der Waals surface area contributed by atoms with E-state index in [0.29, 0.717) is 12.1 Å². The molecule has 1 rings (SSSR count). The van der Waals surface area contributed by atoms with Crippen molar-refractivity contribution in [3.8, 4) is 5.75 Å². The van der Waals surface area contributed by atoms with E-state index in [4.69, 9.17) is 0 Å². The summed E-state index contributed by atoms with van der Waals surface area (Å²) in [6.07, 6.45) is 0. The average molecular weight is 236 g/mol. The molecule has 0 heterocycles. The van der Waals surface area contributed by atoms with Crippen molar-refractivity contribution in [2.45, 2.75) is 19.9 Å². The summed E-state index contributed by atoms with van der Waals surface area (Å²) in [6.45, 7) is 4.42. The minimum atomic E-state index is -0.158. The number of rotatable bonds is 4. The lowest BCUT2D eigenvalue weighted by Gasteiger charge is -2.20. The number of benzene rings is 1. The molecule has 0 radical (unpaired) electrons. The number of hydrogen-bond acceptors (Lipinski definition) is 3. The van der Waals surface area contributed by atoms with Crippen molar-refractivity contribution in [3.05, 3.63) is 29.3 Å². The SMILES string of the molecule is Cc1ccc(C(=O)NCC(C)N(C)C)cc1O. The summed E-state index contributed by atoms with van der Waals surface area (Å²) in [5.41, 5.74) is 1.25. The van der Waals surface area contributed by atoms with Crippen LogP contribution in [-0.4, -0.2) is 42.6 Å². The Morgan fingerprint density at radius 1 is 1.47 bits per heavy atom. The molecule has 2 N–H and O–H groups in total. The number of nitrogens with zero attached hydrogens (tertiary/aromatic N) is 1.